The van der Waals surface area contributed by atoms with Crippen molar-refractivity contribution in [1.29, 1.82) is 0 Å². The molecule has 0 radical (unpaired) electrons. The van der Waals surface area contributed by atoms with Gasteiger partial charge in [-0.05, 0) is 81.7 Å². The van der Waals surface area contributed by atoms with E-state index in [1.807, 2.05) is 24.7 Å². The molecular formula is C47H37N5O. The maximum atomic E-state index is 6.66. The lowest BCUT2D eigenvalue weighted by molar-refractivity contribution is 0.483. The van der Waals surface area contributed by atoms with E-state index < -0.39 is 0 Å². The SMILES string of the molecule is CC(C)(C)c1ccnc(-n2c3ccccc3c3ccc(Oc4cccc(N5CN(c6cccc7c6ccc6ccccc67)c6cnccc65)c4)cc32)c1. The van der Waals surface area contributed by atoms with Gasteiger partial charge in [-0.25, -0.2) is 4.98 Å². The molecule has 53 heavy (non-hydrogen) atoms. The average Bonchev–Trinajstić information content (AvgIpc) is 3.73. The van der Waals surface area contributed by atoms with Crippen LogP contribution in [0.4, 0.5) is 22.7 Å². The minimum Gasteiger partial charge on any atom is -0.457 e. The fourth-order valence-corrected chi connectivity index (χ4v) is 7.91. The van der Waals surface area contributed by atoms with Crippen molar-refractivity contribution >= 4 is 66.1 Å². The first-order valence-corrected chi connectivity index (χ1v) is 18.1. The van der Waals surface area contributed by atoms with Crippen LogP contribution in [0.3, 0.4) is 0 Å². The van der Waals surface area contributed by atoms with E-state index >= 15 is 0 Å². The van der Waals surface area contributed by atoms with Gasteiger partial charge in [-0.2, -0.15) is 0 Å². The Balaban J connectivity index is 1.01. The number of anilines is 4. The molecule has 9 aromatic rings. The lowest BCUT2D eigenvalue weighted by Crippen LogP contribution is -2.24. The summed E-state index contributed by atoms with van der Waals surface area (Å²) in [5, 5.41) is 7.30. The van der Waals surface area contributed by atoms with Crippen LogP contribution in [-0.4, -0.2) is 21.2 Å². The highest BCUT2D eigenvalue weighted by Gasteiger charge is 2.29. The average molecular weight is 688 g/mol. The van der Waals surface area contributed by atoms with E-state index in [-0.39, 0.29) is 5.41 Å². The lowest BCUT2D eigenvalue weighted by atomic mass is 9.88. The van der Waals surface area contributed by atoms with Gasteiger partial charge in [-0.15, -0.1) is 0 Å². The van der Waals surface area contributed by atoms with Crippen LogP contribution in [0, 0.1) is 0 Å². The van der Waals surface area contributed by atoms with Crippen molar-refractivity contribution in [2.75, 3.05) is 16.5 Å². The van der Waals surface area contributed by atoms with Crippen molar-refractivity contribution in [1.82, 2.24) is 14.5 Å². The molecule has 0 N–H and O–H groups in total. The fraction of sp³-hybridized carbons (Fsp3) is 0.106. The second-order valence-electron chi connectivity index (χ2n) is 14.8. The number of rotatable bonds is 5. The van der Waals surface area contributed by atoms with Gasteiger partial charge >= 0.3 is 0 Å². The van der Waals surface area contributed by atoms with Gasteiger partial charge in [-0.3, -0.25) is 9.55 Å². The summed E-state index contributed by atoms with van der Waals surface area (Å²) >= 11 is 0. The van der Waals surface area contributed by atoms with Crippen molar-refractivity contribution in [2.24, 2.45) is 0 Å². The molecule has 0 fully saturated rings. The Labute approximate surface area is 308 Å². The molecule has 6 heteroatoms. The molecule has 0 unspecified atom stereocenters. The van der Waals surface area contributed by atoms with Crippen LogP contribution in [0.15, 0.2) is 158 Å². The van der Waals surface area contributed by atoms with Gasteiger partial charge < -0.3 is 14.5 Å². The zero-order chi connectivity index (χ0) is 35.7. The number of aromatic nitrogens is 3. The maximum Gasteiger partial charge on any atom is 0.137 e. The van der Waals surface area contributed by atoms with E-state index in [1.165, 1.54) is 32.5 Å². The monoisotopic (exact) mass is 687 g/mol. The molecular weight excluding hydrogens is 651 g/mol. The molecule has 4 heterocycles. The number of para-hydroxylation sites is 1. The third kappa shape index (κ3) is 5.17. The van der Waals surface area contributed by atoms with E-state index in [0.717, 1.165) is 56.5 Å². The van der Waals surface area contributed by atoms with Crippen molar-refractivity contribution in [2.45, 2.75) is 26.2 Å². The van der Waals surface area contributed by atoms with Gasteiger partial charge in [0.25, 0.3) is 0 Å². The lowest BCUT2D eigenvalue weighted by Gasteiger charge is -2.24. The van der Waals surface area contributed by atoms with Crippen LogP contribution >= 0.6 is 0 Å². The summed E-state index contributed by atoms with van der Waals surface area (Å²) in [4.78, 5) is 14.1. The first kappa shape index (κ1) is 31.1. The second-order valence-corrected chi connectivity index (χ2v) is 14.8. The smallest absolute Gasteiger partial charge is 0.137 e. The Morgan fingerprint density at radius 1 is 0.547 bits per heavy atom. The number of benzene rings is 6. The third-order valence-corrected chi connectivity index (χ3v) is 10.5. The number of fused-ring (bicyclic) bond motifs is 7. The van der Waals surface area contributed by atoms with Crippen LogP contribution in [0.25, 0.3) is 49.2 Å². The summed E-state index contributed by atoms with van der Waals surface area (Å²) in [6, 6.07) is 49.3. The van der Waals surface area contributed by atoms with Crippen molar-refractivity contribution in [3.63, 3.8) is 0 Å². The summed E-state index contributed by atoms with van der Waals surface area (Å²) in [5.74, 6) is 2.43. The molecule has 6 aromatic carbocycles. The number of pyridine rings is 2. The van der Waals surface area contributed by atoms with Gasteiger partial charge in [-0.1, -0.05) is 93.6 Å². The largest absolute Gasteiger partial charge is 0.457 e. The van der Waals surface area contributed by atoms with Crippen molar-refractivity contribution < 1.29 is 4.74 Å². The van der Waals surface area contributed by atoms with Crippen LogP contribution in [-0.2, 0) is 5.41 Å². The standard InChI is InChI=1S/C47H37N5O/c1-47(2,3)32-22-25-49-46(26-32)52-42-16-7-6-14-38(42)40-21-19-35(28-44(40)52)53-34-12-8-11-33(27-34)50-30-51(45-29-48-24-23-43(45)50)41-17-9-15-37-36-13-5-4-10-31(36)18-20-39(37)41/h4-29H,30H2,1-3H3. The molecule has 0 aliphatic carbocycles. The van der Waals surface area contributed by atoms with Gasteiger partial charge in [0.2, 0.25) is 0 Å². The van der Waals surface area contributed by atoms with Crippen LogP contribution in [0.5, 0.6) is 11.5 Å². The Morgan fingerprint density at radius 3 is 2.23 bits per heavy atom. The highest BCUT2D eigenvalue weighted by Crippen LogP contribution is 2.46. The zero-order valence-electron chi connectivity index (χ0n) is 29.9. The van der Waals surface area contributed by atoms with Crippen LogP contribution in [0.2, 0.25) is 0 Å². The fourth-order valence-electron chi connectivity index (χ4n) is 7.91. The van der Waals surface area contributed by atoms with Crippen molar-refractivity contribution in [3.05, 3.63) is 164 Å². The normalized spacial score (nSPS) is 13.0. The zero-order valence-corrected chi connectivity index (χ0v) is 29.9. The molecule has 0 amide bonds. The Kier molecular flexibility index (Phi) is 7.02. The number of hydrogen-bond donors (Lipinski definition) is 0. The van der Waals surface area contributed by atoms with E-state index in [1.54, 1.807) is 0 Å². The topological polar surface area (TPSA) is 46.4 Å². The summed E-state index contributed by atoms with van der Waals surface area (Å²) in [6.07, 6.45) is 5.75. The highest BCUT2D eigenvalue weighted by molar-refractivity contribution is 6.13. The molecule has 10 rings (SSSR count). The number of nitrogens with zero attached hydrogens (tertiary/aromatic N) is 5. The number of hydrogen-bond acceptors (Lipinski definition) is 5. The molecule has 0 atom stereocenters. The Hall–Kier alpha value is -6.66. The maximum absolute atomic E-state index is 6.66. The summed E-state index contributed by atoms with van der Waals surface area (Å²) in [5.41, 5.74) is 7.79. The highest BCUT2D eigenvalue weighted by atomic mass is 16.5. The van der Waals surface area contributed by atoms with E-state index in [4.69, 9.17) is 9.72 Å². The molecule has 3 aromatic heterocycles. The molecule has 0 bridgehead atoms. The molecule has 1 aliphatic rings. The van der Waals surface area contributed by atoms with Crippen LogP contribution < -0.4 is 14.5 Å². The number of ether oxygens (including phenoxy) is 1. The third-order valence-electron chi connectivity index (χ3n) is 10.5. The quantitative estimate of drug-likeness (QED) is 0.169. The minimum absolute atomic E-state index is 0.00289. The van der Waals surface area contributed by atoms with Gasteiger partial charge in [0.15, 0.2) is 0 Å². The predicted octanol–water partition coefficient (Wildman–Crippen LogP) is 12.2. The molecule has 6 nitrogen and oxygen atoms in total. The van der Waals surface area contributed by atoms with E-state index in [9.17, 15) is 0 Å². The van der Waals surface area contributed by atoms with Gasteiger partial charge in [0.1, 0.15) is 24.0 Å². The van der Waals surface area contributed by atoms with Gasteiger partial charge in [0.05, 0.1) is 34.3 Å². The first-order valence-electron chi connectivity index (χ1n) is 18.1. The Morgan fingerprint density at radius 2 is 1.32 bits per heavy atom. The predicted molar refractivity (Wildman–Crippen MR) is 219 cm³/mol. The molecule has 0 spiro atoms. The van der Waals surface area contributed by atoms with Gasteiger partial charge in [0, 0.05) is 46.4 Å². The van der Waals surface area contributed by atoms with Crippen molar-refractivity contribution in [3.8, 4) is 17.3 Å². The molecule has 256 valence electrons. The van der Waals surface area contributed by atoms with E-state index in [2.05, 4.69) is 174 Å². The summed E-state index contributed by atoms with van der Waals surface area (Å²) in [7, 11) is 0. The molecule has 0 saturated carbocycles. The summed E-state index contributed by atoms with van der Waals surface area (Å²) < 4.78 is 8.92. The second kappa shape index (κ2) is 12.0. The van der Waals surface area contributed by atoms with Crippen LogP contribution in [0.1, 0.15) is 26.3 Å². The first-order chi connectivity index (χ1) is 25.9. The minimum atomic E-state index is 0.00289. The Bertz CT molecular complexity index is 2870. The van der Waals surface area contributed by atoms with E-state index in [0.29, 0.717) is 6.67 Å². The molecule has 1 aliphatic heterocycles. The summed E-state index contributed by atoms with van der Waals surface area (Å²) in [6.45, 7) is 7.35. The molecule has 0 saturated heterocycles.